The third-order valence-corrected chi connectivity index (χ3v) is 12.4. The van der Waals surface area contributed by atoms with E-state index in [9.17, 15) is 0 Å². The highest BCUT2D eigenvalue weighted by Crippen LogP contribution is 2.52. The second-order valence-corrected chi connectivity index (χ2v) is 15.6. The minimum atomic E-state index is -0.0321. The zero-order valence-corrected chi connectivity index (χ0v) is 30.1. The van der Waals surface area contributed by atoms with Gasteiger partial charge in [0.2, 0.25) is 0 Å². The van der Waals surface area contributed by atoms with Crippen LogP contribution >= 0.6 is 0 Å². The van der Waals surface area contributed by atoms with E-state index in [1.165, 1.54) is 109 Å². The molecule has 0 unspecified atom stereocenters. The molecule has 10 aromatic carbocycles. The van der Waals surface area contributed by atoms with Gasteiger partial charge in [-0.3, -0.25) is 0 Å². The predicted molar refractivity (Wildman–Crippen MR) is 230 cm³/mol. The first-order chi connectivity index (χ1) is 26.5. The van der Waals surface area contributed by atoms with Crippen molar-refractivity contribution in [1.82, 2.24) is 0 Å². The Labute approximate surface area is 312 Å². The molecule has 0 saturated heterocycles. The van der Waals surface area contributed by atoms with Crippen LogP contribution in [-0.4, -0.2) is 0 Å². The lowest BCUT2D eigenvalue weighted by atomic mass is 9.82. The average molecular weight is 687 g/mol. The molecule has 1 heteroatoms. The minimum absolute atomic E-state index is 0.0321. The van der Waals surface area contributed by atoms with Crippen LogP contribution in [0, 0.1) is 0 Å². The second kappa shape index (κ2) is 10.7. The van der Waals surface area contributed by atoms with E-state index >= 15 is 0 Å². The van der Waals surface area contributed by atoms with E-state index in [4.69, 9.17) is 4.42 Å². The summed E-state index contributed by atoms with van der Waals surface area (Å²) < 4.78 is 6.54. The van der Waals surface area contributed by atoms with Crippen molar-refractivity contribution in [2.24, 2.45) is 0 Å². The minimum Gasteiger partial charge on any atom is -0.456 e. The third kappa shape index (κ3) is 4.04. The Morgan fingerprint density at radius 3 is 1.65 bits per heavy atom. The molecular weight excluding hydrogens is 653 g/mol. The first kappa shape index (κ1) is 29.8. The van der Waals surface area contributed by atoms with Gasteiger partial charge >= 0.3 is 0 Å². The van der Waals surface area contributed by atoms with E-state index in [1.807, 2.05) is 0 Å². The summed E-state index contributed by atoms with van der Waals surface area (Å²) in [4.78, 5) is 0. The van der Waals surface area contributed by atoms with Crippen molar-refractivity contribution in [2.45, 2.75) is 19.3 Å². The monoisotopic (exact) mass is 686 g/mol. The van der Waals surface area contributed by atoms with Crippen LogP contribution in [-0.2, 0) is 5.41 Å². The van der Waals surface area contributed by atoms with Crippen LogP contribution in [0.2, 0.25) is 0 Å². The molecule has 0 atom stereocenters. The highest BCUT2D eigenvalue weighted by molar-refractivity contribution is 6.30. The van der Waals surface area contributed by atoms with Gasteiger partial charge in [-0.05, 0) is 129 Å². The molecule has 0 N–H and O–H groups in total. The van der Waals surface area contributed by atoms with Gasteiger partial charge in [-0.1, -0.05) is 153 Å². The molecule has 1 heterocycles. The largest absolute Gasteiger partial charge is 0.456 e. The van der Waals surface area contributed by atoms with Crippen molar-refractivity contribution >= 4 is 75.8 Å². The van der Waals surface area contributed by atoms with Crippen LogP contribution in [0.25, 0.3) is 109 Å². The molecule has 0 radical (unpaired) electrons. The van der Waals surface area contributed by atoms with Crippen LogP contribution in [0.1, 0.15) is 25.0 Å². The molecule has 11 aromatic rings. The van der Waals surface area contributed by atoms with Crippen LogP contribution in [0.15, 0.2) is 174 Å². The van der Waals surface area contributed by atoms with Gasteiger partial charge in [-0.25, -0.2) is 0 Å². The molecule has 0 spiro atoms. The summed E-state index contributed by atoms with van der Waals surface area (Å²) in [5, 5.41) is 14.9. The van der Waals surface area contributed by atoms with Gasteiger partial charge in [0, 0.05) is 16.2 Å². The Kier molecular flexibility index (Phi) is 5.90. The van der Waals surface area contributed by atoms with E-state index in [0.29, 0.717) is 0 Å². The van der Waals surface area contributed by atoms with E-state index in [0.717, 1.165) is 11.2 Å². The zero-order chi connectivity index (χ0) is 35.7. The molecule has 12 rings (SSSR count). The molecule has 1 nitrogen and oxygen atoms in total. The summed E-state index contributed by atoms with van der Waals surface area (Å²) in [6.07, 6.45) is 0. The van der Waals surface area contributed by atoms with Crippen LogP contribution < -0.4 is 0 Å². The lowest BCUT2D eigenvalue weighted by Crippen LogP contribution is -2.14. The fraction of sp³-hybridized carbons (Fsp3) is 0.0566. The summed E-state index contributed by atoms with van der Waals surface area (Å²) in [6.45, 7) is 4.72. The fourth-order valence-corrected chi connectivity index (χ4v) is 9.73. The molecule has 0 bridgehead atoms. The van der Waals surface area contributed by atoms with Crippen LogP contribution in [0.5, 0.6) is 0 Å². The summed E-state index contributed by atoms with van der Waals surface area (Å²) in [5.41, 5.74) is 12.3. The second-order valence-electron chi connectivity index (χ2n) is 15.6. The molecule has 252 valence electrons. The number of furan rings is 1. The van der Waals surface area contributed by atoms with E-state index in [2.05, 4.69) is 184 Å². The molecule has 0 amide bonds. The topological polar surface area (TPSA) is 13.1 Å². The molecule has 0 fully saturated rings. The number of hydrogen-bond donors (Lipinski definition) is 0. The lowest BCUT2D eigenvalue weighted by molar-refractivity contribution is 0.661. The Bertz CT molecular complexity index is 3390. The molecule has 54 heavy (non-hydrogen) atoms. The van der Waals surface area contributed by atoms with Gasteiger partial charge < -0.3 is 4.42 Å². The predicted octanol–water partition coefficient (Wildman–Crippen LogP) is 15.0. The standard InChI is InChI=1S/C53H34O/c1-53(2)47-24-21-36(28-45(47)51-37-11-5-3-9-33(37)20-25-48(51)53)32-17-15-31(16-18-32)35-19-23-41-42(27-35)39-13-7-8-14-40(39)43-29-46-50(30-44(41)43)54-49-26-22-34-10-4-6-12-38(34)52(46)49/h3-30H,1-2H3. The zero-order valence-electron chi connectivity index (χ0n) is 30.1. The first-order valence-corrected chi connectivity index (χ1v) is 18.9. The maximum absolute atomic E-state index is 6.54. The van der Waals surface area contributed by atoms with Crippen molar-refractivity contribution in [1.29, 1.82) is 0 Å². The lowest BCUT2D eigenvalue weighted by Gasteiger charge is -2.21. The van der Waals surface area contributed by atoms with Gasteiger partial charge in [0.15, 0.2) is 0 Å². The van der Waals surface area contributed by atoms with E-state index in [-0.39, 0.29) is 5.41 Å². The quantitative estimate of drug-likeness (QED) is 0.165. The SMILES string of the molecule is CC1(C)c2ccc(-c3ccc(-c4ccc5c(c4)c4ccccc4c4cc6c(cc54)oc4ccc5ccccc5c46)cc3)cc2-c2c1ccc1ccccc21. The average Bonchev–Trinajstić information content (AvgIpc) is 3.71. The molecule has 1 aliphatic rings. The number of hydrogen-bond acceptors (Lipinski definition) is 1. The van der Waals surface area contributed by atoms with Crippen molar-refractivity contribution in [3.8, 4) is 33.4 Å². The Morgan fingerprint density at radius 1 is 0.352 bits per heavy atom. The highest BCUT2D eigenvalue weighted by Gasteiger charge is 2.36. The van der Waals surface area contributed by atoms with Crippen molar-refractivity contribution in [3.05, 3.63) is 181 Å². The third-order valence-electron chi connectivity index (χ3n) is 12.4. The summed E-state index contributed by atoms with van der Waals surface area (Å²) in [6, 6.07) is 62.9. The van der Waals surface area contributed by atoms with Gasteiger partial charge in [0.05, 0.1) is 0 Å². The molecule has 0 aliphatic heterocycles. The normalized spacial score (nSPS) is 13.5. The van der Waals surface area contributed by atoms with Gasteiger partial charge in [0.25, 0.3) is 0 Å². The van der Waals surface area contributed by atoms with Gasteiger partial charge in [-0.15, -0.1) is 0 Å². The summed E-state index contributed by atoms with van der Waals surface area (Å²) in [5.74, 6) is 0. The Hall–Kier alpha value is -6.70. The first-order valence-electron chi connectivity index (χ1n) is 18.9. The fourth-order valence-electron chi connectivity index (χ4n) is 9.73. The summed E-state index contributed by atoms with van der Waals surface area (Å²) >= 11 is 0. The molecular formula is C53H34O. The number of benzene rings is 10. The number of rotatable bonds is 2. The van der Waals surface area contributed by atoms with Crippen molar-refractivity contribution < 1.29 is 4.42 Å². The molecule has 0 saturated carbocycles. The van der Waals surface area contributed by atoms with Crippen LogP contribution in [0.3, 0.4) is 0 Å². The van der Waals surface area contributed by atoms with Gasteiger partial charge in [-0.2, -0.15) is 0 Å². The van der Waals surface area contributed by atoms with Gasteiger partial charge in [0.1, 0.15) is 11.2 Å². The summed E-state index contributed by atoms with van der Waals surface area (Å²) in [7, 11) is 0. The maximum Gasteiger partial charge on any atom is 0.136 e. The van der Waals surface area contributed by atoms with E-state index in [1.54, 1.807) is 0 Å². The van der Waals surface area contributed by atoms with Crippen molar-refractivity contribution in [2.75, 3.05) is 0 Å². The number of fused-ring (bicyclic) bond motifs is 16. The van der Waals surface area contributed by atoms with E-state index < -0.39 is 0 Å². The molecule has 1 aromatic heterocycles. The Morgan fingerprint density at radius 2 is 0.889 bits per heavy atom. The van der Waals surface area contributed by atoms with Crippen molar-refractivity contribution in [3.63, 3.8) is 0 Å². The smallest absolute Gasteiger partial charge is 0.136 e. The highest BCUT2D eigenvalue weighted by atomic mass is 16.3. The Balaban J connectivity index is 0.982. The molecule has 1 aliphatic carbocycles. The van der Waals surface area contributed by atoms with Crippen LogP contribution in [0.4, 0.5) is 0 Å². The maximum atomic E-state index is 6.54.